The highest BCUT2D eigenvalue weighted by Crippen LogP contribution is 2.29. The number of rotatable bonds is 32. The molecule has 0 aliphatic carbocycles. The molecule has 8 nitrogen and oxygen atoms in total. The maximum Gasteiger partial charge on any atom is 0.312 e. The second-order valence-corrected chi connectivity index (χ2v) is 11.9. The first-order valence-electron chi connectivity index (χ1n) is 17.3. The highest BCUT2D eigenvalue weighted by molar-refractivity contribution is 5.75. The molecule has 4 atom stereocenters. The molecule has 0 aromatic heterocycles. The van der Waals surface area contributed by atoms with E-state index in [-0.39, 0.29) is 37.0 Å². The molecule has 0 amide bonds. The third kappa shape index (κ3) is 21.8. The van der Waals surface area contributed by atoms with Crippen molar-refractivity contribution in [1.82, 2.24) is 0 Å². The second-order valence-electron chi connectivity index (χ2n) is 11.9. The Morgan fingerprint density at radius 2 is 1.17 bits per heavy atom. The number of cyclic esters (lactones) is 1. The van der Waals surface area contributed by atoms with E-state index in [1.165, 1.54) is 51.4 Å². The van der Waals surface area contributed by atoms with Gasteiger partial charge in [0.2, 0.25) is 0 Å². The van der Waals surface area contributed by atoms with Crippen LogP contribution in [0.25, 0.3) is 0 Å². The Morgan fingerprint density at radius 1 is 0.690 bits per heavy atom. The van der Waals surface area contributed by atoms with Crippen molar-refractivity contribution >= 4 is 5.97 Å². The Labute approximate surface area is 257 Å². The van der Waals surface area contributed by atoms with E-state index in [9.17, 15) is 9.90 Å². The molecule has 42 heavy (non-hydrogen) atoms. The SMILES string of the molecule is CCCCCCCCCCCOCCOCCOCCCCC(O)CCCCCCCC1C(=O)O[C@@H](C)C1OCOC. The van der Waals surface area contributed by atoms with Gasteiger partial charge in [0.15, 0.2) is 0 Å². The molecule has 0 aromatic rings. The lowest BCUT2D eigenvalue weighted by atomic mass is 9.94. The van der Waals surface area contributed by atoms with Crippen molar-refractivity contribution in [2.45, 2.75) is 154 Å². The smallest absolute Gasteiger partial charge is 0.312 e. The van der Waals surface area contributed by atoms with E-state index < -0.39 is 0 Å². The van der Waals surface area contributed by atoms with Crippen LogP contribution in [0.2, 0.25) is 0 Å². The minimum atomic E-state index is -0.225. The first-order valence-corrected chi connectivity index (χ1v) is 17.3. The van der Waals surface area contributed by atoms with Crippen LogP contribution in [0.5, 0.6) is 0 Å². The maximum absolute atomic E-state index is 12.1. The van der Waals surface area contributed by atoms with Gasteiger partial charge in [0.1, 0.15) is 19.0 Å². The van der Waals surface area contributed by atoms with Crippen molar-refractivity contribution in [3.63, 3.8) is 0 Å². The Kier molecular flexibility index (Phi) is 27.1. The van der Waals surface area contributed by atoms with Crippen LogP contribution < -0.4 is 0 Å². The normalized spacial score (nSPS) is 19.4. The van der Waals surface area contributed by atoms with Crippen LogP contribution in [0.4, 0.5) is 0 Å². The summed E-state index contributed by atoms with van der Waals surface area (Å²) in [5.74, 6) is -0.335. The number of aliphatic hydroxyl groups is 1. The monoisotopic (exact) mass is 602 g/mol. The molecule has 8 heteroatoms. The van der Waals surface area contributed by atoms with Crippen molar-refractivity contribution in [2.75, 3.05) is 53.5 Å². The van der Waals surface area contributed by atoms with E-state index in [1.54, 1.807) is 7.11 Å². The zero-order valence-electron chi connectivity index (χ0n) is 27.5. The van der Waals surface area contributed by atoms with Crippen molar-refractivity contribution in [1.29, 1.82) is 0 Å². The van der Waals surface area contributed by atoms with E-state index >= 15 is 0 Å². The van der Waals surface area contributed by atoms with Gasteiger partial charge in [-0.1, -0.05) is 90.4 Å². The van der Waals surface area contributed by atoms with E-state index in [0.29, 0.717) is 26.4 Å². The minimum absolute atomic E-state index is 0.148. The Balaban J connectivity index is 1.78. The summed E-state index contributed by atoms with van der Waals surface area (Å²) in [5.41, 5.74) is 0. The fourth-order valence-corrected chi connectivity index (χ4v) is 5.54. The molecule has 1 N–H and O–H groups in total. The first kappa shape index (κ1) is 39.3. The Hall–Kier alpha value is -0.770. The van der Waals surface area contributed by atoms with Gasteiger partial charge >= 0.3 is 5.97 Å². The molecule has 0 bridgehead atoms. The van der Waals surface area contributed by atoms with Gasteiger partial charge in [-0.15, -0.1) is 0 Å². The Morgan fingerprint density at radius 3 is 1.76 bits per heavy atom. The van der Waals surface area contributed by atoms with E-state index in [4.69, 9.17) is 28.4 Å². The predicted molar refractivity (Wildman–Crippen MR) is 168 cm³/mol. The summed E-state index contributed by atoms with van der Waals surface area (Å²) >= 11 is 0. The van der Waals surface area contributed by atoms with Crippen LogP contribution in [0.15, 0.2) is 0 Å². The molecule has 1 fully saturated rings. The third-order valence-corrected chi connectivity index (χ3v) is 8.11. The van der Waals surface area contributed by atoms with E-state index in [1.807, 2.05) is 6.92 Å². The van der Waals surface area contributed by atoms with Crippen LogP contribution in [-0.2, 0) is 33.2 Å². The standard InChI is InChI=1S/C34H66O8/c1-4-5-6-7-8-9-10-14-18-23-38-25-27-40-28-26-39-24-19-17-21-31(35)20-15-12-11-13-16-22-32-33(41-29-37-3)30(2)42-34(32)36/h30-33,35H,4-29H2,1-3H3/t30-,31?,32?,33?/m0/s1. The number of aliphatic hydroxyl groups excluding tert-OH is 1. The highest BCUT2D eigenvalue weighted by Gasteiger charge is 2.42. The van der Waals surface area contributed by atoms with Gasteiger partial charge in [0.25, 0.3) is 0 Å². The number of ether oxygens (including phenoxy) is 6. The van der Waals surface area contributed by atoms with Gasteiger partial charge in [-0.25, -0.2) is 0 Å². The van der Waals surface area contributed by atoms with Crippen LogP contribution >= 0.6 is 0 Å². The third-order valence-electron chi connectivity index (χ3n) is 8.11. The van der Waals surface area contributed by atoms with E-state index in [0.717, 1.165) is 83.8 Å². The number of carbonyl (C=O) groups is 1. The predicted octanol–water partition coefficient (Wildman–Crippen LogP) is 7.38. The summed E-state index contributed by atoms with van der Waals surface area (Å²) in [5, 5.41) is 10.3. The number of methoxy groups -OCH3 is 1. The average molecular weight is 603 g/mol. The summed E-state index contributed by atoms with van der Waals surface area (Å²) in [4.78, 5) is 12.1. The number of unbranched alkanes of at least 4 members (excludes halogenated alkanes) is 13. The summed E-state index contributed by atoms with van der Waals surface area (Å²) in [7, 11) is 1.58. The summed E-state index contributed by atoms with van der Waals surface area (Å²) < 4.78 is 32.9. The van der Waals surface area contributed by atoms with Gasteiger partial charge in [-0.05, 0) is 45.4 Å². The molecule has 1 rings (SSSR count). The minimum Gasteiger partial charge on any atom is -0.460 e. The number of hydrogen-bond acceptors (Lipinski definition) is 8. The molecule has 0 radical (unpaired) electrons. The van der Waals surface area contributed by atoms with Crippen LogP contribution in [-0.4, -0.2) is 82.9 Å². The Bertz CT molecular complexity index is 590. The topological polar surface area (TPSA) is 92.7 Å². The van der Waals surface area contributed by atoms with Gasteiger partial charge in [-0.3, -0.25) is 4.79 Å². The van der Waals surface area contributed by atoms with Crippen molar-refractivity contribution in [2.24, 2.45) is 5.92 Å². The van der Waals surface area contributed by atoms with Crippen molar-refractivity contribution in [3.8, 4) is 0 Å². The van der Waals surface area contributed by atoms with Gasteiger partial charge < -0.3 is 33.5 Å². The lowest BCUT2D eigenvalue weighted by molar-refractivity contribution is -0.144. The number of esters is 1. The van der Waals surface area contributed by atoms with Crippen LogP contribution in [0.1, 0.15) is 136 Å². The van der Waals surface area contributed by atoms with E-state index in [2.05, 4.69) is 6.92 Å². The molecule has 0 aromatic carbocycles. The van der Waals surface area contributed by atoms with Gasteiger partial charge in [-0.2, -0.15) is 0 Å². The lowest BCUT2D eigenvalue weighted by Gasteiger charge is -2.18. The molecular formula is C34H66O8. The molecule has 1 saturated heterocycles. The summed E-state index contributed by atoms with van der Waals surface area (Å²) in [6, 6.07) is 0. The molecule has 1 heterocycles. The molecule has 3 unspecified atom stereocenters. The van der Waals surface area contributed by atoms with Crippen LogP contribution in [0.3, 0.4) is 0 Å². The average Bonchev–Trinajstić information content (AvgIpc) is 3.25. The van der Waals surface area contributed by atoms with Gasteiger partial charge in [0.05, 0.1) is 38.4 Å². The number of carbonyl (C=O) groups excluding carboxylic acids is 1. The van der Waals surface area contributed by atoms with Crippen molar-refractivity contribution in [3.05, 3.63) is 0 Å². The molecule has 1 aliphatic heterocycles. The fraction of sp³-hybridized carbons (Fsp3) is 0.971. The molecule has 0 saturated carbocycles. The number of hydrogen-bond donors (Lipinski definition) is 1. The molecule has 250 valence electrons. The largest absolute Gasteiger partial charge is 0.460 e. The molecule has 1 aliphatic rings. The zero-order valence-corrected chi connectivity index (χ0v) is 27.5. The highest BCUT2D eigenvalue weighted by atomic mass is 16.7. The van der Waals surface area contributed by atoms with Gasteiger partial charge in [0, 0.05) is 20.3 Å². The fourth-order valence-electron chi connectivity index (χ4n) is 5.54. The first-order chi connectivity index (χ1) is 20.6. The second kappa shape index (κ2) is 29.0. The van der Waals surface area contributed by atoms with Crippen LogP contribution in [0, 0.1) is 5.92 Å². The summed E-state index contributed by atoms with van der Waals surface area (Å²) in [6.07, 6.45) is 21.1. The maximum atomic E-state index is 12.1. The summed E-state index contributed by atoms with van der Waals surface area (Å²) in [6.45, 7) is 8.40. The molecule has 0 spiro atoms. The lowest BCUT2D eigenvalue weighted by Crippen LogP contribution is -2.29. The quantitative estimate of drug-likeness (QED) is 0.0484. The molecular weight excluding hydrogens is 536 g/mol. The zero-order chi connectivity index (χ0) is 30.5. The van der Waals surface area contributed by atoms with Crippen molar-refractivity contribution < 1.29 is 38.3 Å².